The number of nitrogens with one attached hydrogen (secondary N) is 1. The highest BCUT2D eigenvalue weighted by molar-refractivity contribution is 5.76. The molecule has 0 spiro atoms. The van der Waals surface area contributed by atoms with Gasteiger partial charge in [-0.1, -0.05) is 314 Å². The number of rotatable bonds is 64. The van der Waals surface area contributed by atoms with Crippen LogP contribution in [0.25, 0.3) is 0 Å². The van der Waals surface area contributed by atoms with Crippen LogP contribution in [0.2, 0.25) is 0 Å². The quantitative estimate of drug-likeness (QED) is 0.0320. The largest absolute Gasteiger partial charge is 0.466 e. The molecule has 0 radical (unpaired) electrons. The third-order valence-corrected chi connectivity index (χ3v) is 16.0. The Balaban J connectivity index is 3.44. The van der Waals surface area contributed by atoms with Gasteiger partial charge in [-0.05, 0) is 77.0 Å². The molecule has 1 amide bonds. The minimum Gasteiger partial charge on any atom is -0.466 e. The van der Waals surface area contributed by atoms with Gasteiger partial charge in [0.1, 0.15) is 0 Å². The number of unbranched alkanes of at least 4 members (excludes halogenated alkanes) is 49. The van der Waals surface area contributed by atoms with Crippen LogP contribution in [0.4, 0.5) is 0 Å². The SMILES string of the molecule is CCCCCCCC/C=C\CCCCCCCCCCCC(=O)OCCCCCC/C=C\CCCCCCCCCC(=O)NC(CO)C(O)CCCCCCCCCCCCCCCCCCCCCCCCCC. The van der Waals surface area contributed by atoms with E-state index in [1.165, 1.54) is 276 Å². The van der Waals surface area contributed by atoms with Crippen molar-refractivity contribution in [3.05, 3.63) is 24.3 Å². The highest BCUT2D eigenvalue weighted by atomic mass is 16.5. The Bertz CT molecular complexity index is 1170. The van der Waals surface area contributed by atoms with Gasteiger partial charge in [-0.3, -0.25) is 9.59 Å². The summed E-state index contributed by atoms with van der Waals surface area (Å²) in [6.45, 7) is 4.95. The van der Waals surface area contributed by atoms with Gasteiger partial charge < -0.3 is 20.3 Å². The molecule has 3 N–H and O–H groups in total. The Morgan fingerprint density at radius 3 is 0.947 bits per heavy atom. The lowest BCUT2D eigenvalue weighted by atomic mass is 10.0. The van der Waals surface area contributed by atoms with E-state index in [9.17, 15) is 19.8 Å². The molecule has 0 aromatic heterocycles. The van der Waals surface area contributed by atoms with E-state index in [1.54, 1.807) is 0 Å². The fourth-order valence-electron chi connectivity index (χ4n) is 10.7. The maximum absolute atomic E-state index is 12.5. The van der Waals surface area contributed by atoms with Crippen molar-refractivity contribution in [3.8, 4) is 0 Å². The third-order valence-electron chi connectivity index (χ3n) is 16.0. The van der Waals surface area contributed by atoms with Crippen molar-refractivity contribution in [1.29, 1.82) is 0 Å². The van der Waals surface area contributed by atoms with E-state index in [2.05, 4.69) is 43.5 Å². The van der Waals surface area contributed by atoms with Gasteiger partial charge in [0.2, 0.25) is 5.91 Å². The molecule has 0 aromatic rings. The fraction of sp³-hybridized carbons (Fsp3) is 0.913. The first-order valence-electron chi connectivity index (χ1n) is 34.1. The van der Waals surface area contributed by atoms with Crippen molar-refractivity contribution in [2.45, 2.75) is 392 Å². The Hall–Kier alpha value is -1.66. The minimum absolute atomic E-state index is 0.00924. The topological polar surface area (TPSA) is 95.9 Å². The summed E-state index contributed by atoms with van der Waals surface area (Å²) in [6, 6.07) is -0.555. The van der Waals surface area contributed by atoms with Crippen LogP contribution in [-0.4, -0.2) is 47.4 Å². The highest BCUT2D eigenvalue weighted by Crippen LogP contribution is 2.18. The summed E-state index contributed by atoms with van der Waals surface area (Å²) in [5.41, 5.74) is 0. The number of ether oxygens (including phenoxy) is 1. The first-order valence-corrected chi connectivity index (χ1v) is 34.1. The first-order chi connectivity index (χ1) is 37.0. The average Bonchev–Trinajstić information content (AvgIpc) is 3.41. The molecule has 0 aliphatic rings. The zero-order chi connectivity index (χ0) is 54.3. The standard InChI is InChI=1S/C69H133NO5/c1-3-5-7-9-11-13-15-17-19-21-23-24-25-26-27-29-30-33-37-41-45-49-53-57-61-67(72)66(65-71)70-68(73)62-58-54-50-46-42-38-34-32-36-40-44-48-52-56-60-64-75-69(74)63-59-55-51-47-43-39-35-31-28-22-20-18-16-14-12-10-8-6-4-2/h18,20,36,40,66-67,71-72H,3-17,19,21-35,37-39,41-65H2,1-2H3,(H,70,73)/b20-18-,40-36-. The van der Waals surface area contributed by atoms with Crippen molar-refractivity contribution in [1.82, 2.24) is 5.32 Å². The molecule has 444 valence electrons. The summed E-state index contributed by atoms with van der Waals surface area (Å²) in [5.74, 6) is -0.0552. The molecule has 0 aliphatic heterocycles. The van der Waals surface area contributed by atoms with Crippen molar-refractivity contribution >= 4 is 11.9 Å². The number of hydrogen-bond donors (Lipinski definition) is 3. The number of aliphatic hydroxyl groups excluding tert-OH is 2. The van der Waals surface area contributed by atoms with Crippen molar-refractivity contribution < 1.29 is 24.5 Å². The molecule has 75 heavy (non-hydrogen) atoms. The van der Waals surface area contributed by atoms with E-state index < -0.39 is 12.1 Å². The Morgan fingerprint density at radius 2 is 0.627 bits per heavy atom. The summed E-state index contributed by atoms with van der Waals surface area (Å²) < 4.78 is 5.49. The number of amides is 1. The highest BCUT2D eigenvalue weighted by Gasteiger charge is 2.20. The molecule has 0 aliphatic carbocycles. The molecule has 0 aromatic carbocycles. The predicted molar refractivity (Wildman–Crippen MR) is 329 cm³/mol. The van der Waals surface area contributed by atoms with Gasteiger partial charge in [0.05, 0.1) is 25.4 Å². The van der Waals surface area contributed by atoms with Gasteiger partial charge >= 0.3 is 5.97 Å². The molecular formula is C69H133NO5. The van der Waals surface area contributed by atoms with Gasteiger partial charge in [0.15, 0.2) is 0 Å². The molecule has 2 atom stereocenters. The molecule has 2 unspecified atom stereocenters. The number of esters is 1. The molecule has 6 nitrogen and oxygen atoms in total. The number of hydrogen-bond acceptors (Lipinski definition) is 5. The summed E-state index contributed by atoms with van der Waals surface area (Å²) in [7, 11) is 0. The van der Waals surface area contributed by atoms with Crippen LogP contribution in [0.3, 0.4) is 0 Å². The lowest BCUT2D eigenvalue weighted by molar-refractivity contribution is -0.143. The predicted octanol–water partition coefficient (Wildman–Crippen LogP) is 21.8. The van der Waals surface area contributed by atoms with E-state index >= 15 is 0 Å². The molecule has 0 saturated carbocycles. The summed E-state index contributed by atoms with van der Waals surface area (Å²) >= 11 is 0. The average molecular weight is 1060 g/mol. The van der Waals surface area contributed by atoms with E-state index in [0.29, 0.717) is 25.9 Å². The lowest BCUT2D eigenvalue weighted by Crippen LogP contribution is -2.45. The van der Waals surface area contributed by atoms with E-state index in [0.717, 1.165) is 70.6 Å². The summed E-state index contributed by atoms with van der Waals surface area (Å²) in [5, 5.41) is 23.4. The lowest BCUT2D eigenvalue weighted by Gasteiger charge is -2.22. The van der Waals surface area contributed by atoms with Gasteiger partial charge in [0, 0.05) is 12.8 Å². The van der Waals surface area contributed by atoms with Crippen LogP contribution in [0, 0.1) is 0 Å². The normalized spacial score (nSPS) is 12.6. The number of aliphatic hydroxyl groups is 2. The van der Waals surface area contributed by atoms with Crippen LogP contribution < -0.4 is 5.32 Å². The molecule has 0 bridgehead atoms. The van der Waals surface area contributed by atoms with Crippen LogP contribution in [0.1, 0.15) is 380 Å². The molecule has 0 saturated heterocycles. The number of carbonyl (C=O) groups is 2. The molecule has 0 fully saturated rings. The second kappa shape index (κ2) is 64.9. The zero-order valence-electron chi connectivity index (χ0n) is 50.8. The third kappa shape index (κ3) is 61.4. The molecule has 0 rings (SSSR count). The van der Waals surface area contributed by atoms with Gasteiger partial charge in [0.25, 0.3) is 0 Å². The van der Waals surface area contributed by atoms with E-state index in [-0.39, 0.29) is 18.5 Å². The zero-order valence-corrected chi connectivity index (χ0v) is 50.8. The van der Waals surface area contributed by atoms with E-state index in [4.69, 9.17) is 4.74 Å². The van der Waals surface area contributed by atoms with Crippen molar-refractivity contribution in [2.75, 3.05) is 13.2 Å². The van der Waals surface area contributed by atoms with Crippen LogP contribution >= 0.6 is 0 Å². The summed E-state index contributed by atoms with van der Waals surface area (Å²) in [4.78, 5) is 24.6. The molecule has 0 heterocycles. The number of allylic oxidation sites excluding steroid dienone is 4. The summed E-state index contributed by atoms with van der Waals surface area (Å²) in [6.07, 6.45) is 80.6. The van der Waals surface area contributed by atoms with E-state index in [1.807, 2.05) is 0 Å². The van der Waals surface area contributed by atoms with Gasteiger partial charge in [-0.25, -0.2) is 0 Å². The molecular weight excluding hydrogens is 923 g/mol. The smallest absolute Gasteiger partial charge is 0.305 e. The first kappa shape index (κ1) is 73.3. The second-order valence-electron chi connectivity index (χ2n) is 23.5. The molecule has 6 heteroatoms. The van der Waals surface area contributed by atoms with Gasteiger partial charge in [-0.15, -0.1) is 0 Å². The minimum atomic E-state index is -0.676. The van der Waals surface area contributed by atoms with Crippen LogP contribution in [0.5, 0.6) is 0 Å². The monoisotopic (exact) mass is 1060 g/mol. The van der Waals surface area contributed by atoms with Crippen LogP contribution in [-0.2, 0) is 14.3 Å². The fourth-order valence-corrected chi connectivity index (χ4v) is 10.7. The Labute approximate surface area is 469 Å². The van der Waals surface area contributed by atoms with Crippen molar-refractivity contribution in [3.63, 3.8) is 0 Å². The van der Waals surface area contributed by atoms with Crippen molar-refractivity contribution in [2.24, 2.45) is 0 Å². The maximum Gasteiger partial charge on any atom is 0.305 e. The Kier molecular flexibility index (Phi) is 63.4. The number of carbonyl (C=O) groups excluding carboxylic acids is 2. The maximum atomic E-state index is 12.5. The van der Waals surface area contributed by atoms with Gasteiger partial charge in [-0.2, -0.15) is 0 Å². The second-order valence-corrected chi connectivity index (χ2v) is 23.5. The van der Waals surface area contributed by atoms with Crippen LogP contribution in [0.15, 0.2) is 24.3 Å². The Morgan fingerprint density at radius 1 is 0.360 bits per heavy atom.